The van der Waals surface area contributed by atoms with E-state index >= 15 is 0 Å². The molecule has 0 radical (unpaired) electrons. The number of hydrogen-bond donors (Lipinski definition) is 4. The summed E-state index contributed by atoms with van der Waals surface area (Å²) in [7, 11) is 0. The molecule has 0 aliphatic rings. The largest absolute Gasteiger partial charge is 0.366 e. The van der Waals surface area contributed by atoms with Gasteiger partial charge in [-0.1, -0.05) is 60.7 Å². The average molecular weight is 672 g/mol. The Morgan fingerprint density at radius 1 is 0.694 bits per heavy atom. The molecular formula is C37H29N5O6S. The van der Waals surface area contributed by atoms with Crippen LogP contribution in [0.3, 0.4) is 0 Å². The molecule has 0 spiro atoms. The zero-order valence-electron chi connectivity index (χ0n) is 25.7. The molecule has 5 rings (SSSR count). The SMILES string of the molecule is NC(=O)c1ccc(NC(=O)C(Sc2ccc(NC(=O)/C(=C/c3ccccc3[N+](=O)[O-])NC(=O)c3ccccc3)cc2)c2ccccc2)cc1. The minimum absolute atomic E-state index is 0.131. The fourth-order valence-electron chi connectivity index (χ4n) is 4.65. The van der Waals surface area contributed by atoms with Crippen LogP contribution in [0.15, 0.2) is 144 Å². The summed E-state index contributed by atoms with van der Waals surface area (Å²) >= 11 is 1.29. The maximum absolute atomic E-state index is 13.5. The van der Waals surface area contributed by atoms with E-state index in [0.29, 0.717) is 22.5 Å². The van der Waals surface area contributed by atoms with E-state index in [4.69, 9.17) is 5.73 Å². The molecule has 1 unspecified atom stereocenters. The number of nitrogens with zero attached hydrogens (tertiary/aromatic N) is 1. The van der Waals surface area contributed by atoms with Crippen molar-refractivity contribution in [3.63, 3.8) is 0 Å². The van der Waals surface area contributed by atoms with E-state index in [1.54, 1.807) is 72.8 Å². The Labute approximate surface area is 285 Å². The molecular weight excluding hydrogens is 643 g/mol. The van der Waals surface area contributed by atoms with Crippen LogP contribution in [0.1, 0.15) is 37.1 Å². The smallest absolute Gasteiger partial charge is 0.276 e. The summed E-state index contributed by atoms with van der Waals surface area (Å²) in [6.45, 7) is 0. The molecule has 0 aromatic heterocycles. The number of nitrogens with two attached hydrogens (primary N) is 1. The van der Waals surface area contributed by atoms with E-state index < -0.39 is 27.9 Å². The molecule has 0 bridgehead atoms. The maximum Gasteiger partial charge on any atom is 0.276 e. The van der Waals surface area contributed by atoms with E-state index in [2.05, 4.69) is 16.0 Å². The topological polar surface area (TPSA) is 174 Å². The van der Waals surface area contributed by atoms with E-state index in [9.17, 15) is 29.3 Å². The van der Waals surface area contributed by atoms with E-state index in [-0.39, 0.29) is 22.9 Å². The lowest BCUT2D eigenvalue weighted by molar-refractivity contribution is -0.385. The number of anilines is 2. The third kappa shape index (κ3) is 9.05. The van der Waals surface area contributed by atoms with Gasteiger partial charge in [-0.2, -0.15) is 0 Å². The van der Waals surface area contributed by atoms with Crippen molar-refractivity contribution in [2.45, 2.75) is 10.1 Å². The van der Waals surface area contributed by atoms with Crippen LogP contribution < -0.4 is 21.7 Å². The van der Waals surface area contributed by atoms with E-state index in [1.807, 2.05) is 30.3 Å². The van der Waals surface area contributed by atoms with Crippen molar-refractivity contribution >= 4 is 58.5 Å². The lowest BCUT2D eigenvalue weighted by atomic mass is 10.1. The van der Waals surface area contributed by atoms with Crippen molar-refractivity contribution < 1.29 is 24.1 Å². The summed E-state index contributed by atoms with van der Waals surface area (Å²) in [5.41, 5.74) is 7.27. The van der Waals surface area contributed by atoms with Crippen LogP contribution >= 0.6 is 11.8 Å². The molecule has 5 aromatic rings. The number of nitro groups is 1. The van der Waals surface area contributed by atoms with Crippen molar-refractivity contribution in [3.8, 4) is 0 Å². The van der Waals surface area contributed by atoms with Gasteiger partial charge < -0.3 is 21.7 Å². The Kier molecular flexibility index (Phi) is 10.9. The van der Waals surface area contributed by atoms with Crippen LogP contribution in [-0.4, -0.2) is 28.6 Å². The molecule has 0 saturated heterocycles. The van der Waals surface area contributed by atoms with Gasteiger partial charge in [0.15, 0.2) is 0 Å². The van der Waals surface area contributed by atoms with Crippen molar-refractivity contribution in [3.05, 3.63) is 172 Å². The Hall–Kier alpha value is -6.53. The summed E-state index contributed by atoms with van der Waals surface area (Å²) in [4.78, 5) is 63.1. The van der Waals surface area contributed by atoms with Gasteiger partial charge in [-0.25, -0.2) is 0 Å². The molecule has 49 heavy (non-hydrogen) atoms. The van der Waals surface area contributed by atoms with Crippen molar-refractivity contribution in [1.82, 2.24) is 5.32 Å². The zero-order chi connectivity index (χ0) is 34.8. The molecule has 1 atom stereocenters. The lowest BCUT2D eigenvalue weighted by Gasteiger charge is -2.18. The number of para-hydroxylation sites is 1. The molecule has 0 fully saturated rings. The number of nitro benzene ring substituents is 1. The fourth-order valence-corrected chi connectivity index (χ4v) is 5.68. The first kappa shape index (κ1) is 33.8. The number of primary amides is 1. The maximum atomic E-state index is 13.5. The van der Waals surface area contributed by atoms with Gasteiger partial charge in [0.2, 0.25) is 11.8 Å². The Morgan fingerprint density at radius 2 is 1.27 bits per heavy atom. The van der Waals surface area contributed by atoms with Crippen LogP contribution in [0.25, 0.3) is 6.08 Å². The van der Waals surface area contributed by atoms with Crippen LogP contribution in [0.5, 0.6) is 0 Å². The summed E-state index contributed by atoms with van der Waals surface area (Å²) in [6, 6.07) is 36.4. The Bertz CT molecular complexity index is 2020. The van der Waals surface area contributed by atoms with Crippen LogP contribution in [0.4, 0.5) is 17.1 Å². The van der Waals surface area contributed by atoms with Gasteiger partial charge in [-0.15, -0.1) is 11.8 Å². The predicted molar refractivity (Wildman–Crippen MR) is 189 cm³/mol. The normalized spacial score (nSPS) is 11.6. The van der Waals surface area contributed by atoms with Crippen molar-refractivity contribution in [2.24, 2.45) is 5.73 Å². The Morgan fingerprint density at radius 3 is 1.90 bits per heavy atom. The molecule has 244 valence electrons. The molecule has 0 aliphatic heterocycles. The number of rotatable bonds is 12. The standard InChI is InChI=1S/C37H29N5O6S/c38-34(43)25-15-17-28(18-16-25)40-37(46)33(24-9-3-1-4-10-24)49-30-21-19-29(20-22-30)39-36(45)31(41-35(44)26-11-5-2-6-12-26)23-27-13-7-8-14-32(27)42(47)48/h1-23,33H,(H2,38,43)(H,39,45)(H,40,46)(H,41,44)/b31-23-. The number of nitrogens with one attached hydrogen (secondary N) is 3. The first-order valence-corrected chi connectivity index (χ1v) is 15.7. The van der Waals surface area contributed by atoms with Gasteiger partial charge in [0, 0.05) is 33.5 Å². The van der Waals surface area contributed by atoms with E-state index in [0.717, 1.165) is 10.5 Å². The van der Waals surface area contributed by atoms with E-state index in [1.165, 1.54) is 48.2 Å². The zero-order valence-corrected chi connectivity index (χ0v) is 26.6. The summed E-state index contributed by atoms with van der Waals surface area (Å²) in [6.07, 6.45) is 1.25. The van der Waals surface area contributed by atoms with Crippen molar-refractivity contribution in [2.75, 3.05) is 10.6 Å². The fraction of sp³-hybridized carbons (Fsp3) is 0.0270. The second-order valence-electron chi connectivity index (χ2n) is 10.5. The third-order valence-corrected chi connectivity index (χ3v) is 8.37. The van der Waals surface area contributed by atoms with Gasteiger partial charge in [0.05, 0.1) is 10.5 Å². The van der Waals surface area contributed by atoms with Gasteiger partial charge in [-0.05, 0) is 78.4 Å². The van der Waals surface area contributed by atoms with Crippen LogP contribution in [0.2, 0.25) is 0 Å². The number of carbonyl (C=O) groups excluding carboxylic acids is 4. The minimum Gasteiger partial charge on any atom is -0.366 e. The molecule has 0 aliphatic carbocycles. The summed E-state index contributed by atoms with van der Waals surface area (Å²) in [5.74, 6) is -2.13. The molecule has 0 heterocycles. The highest BCUT2D eigenvalue weighted by Crippen LogP contribution is 2.37. The van der Waals surface area contributed by atoms with Gasteiger partial charge in [0.1, 0.15) is 10.9 Å². The van der Waals surface area contributed by atoms with Gasteiger partial charge >= 0.3 is 0 Å². The first-order valence-electron chi connectivity index (χ1n) is 14.8. The number of thioether (sulfide) groups is 1. The van der Waals surface area contributed by atoms with Crippen LogP contribution in [-0.2, 0) is 9.59 Å². The molecule has 5 N–H and O–H groups in total. The lowest BCUT2D eigenvalue weighted by Crippen LogP contribution is -2.30. The number of carbonyl (C=O) groups is 4. The monoisotopic (exact) mass is 671 g/mol. The summed E-state index contributed by atoms with van der Waals surface area (Å²) in [5, 5.41) is 19.2. The molecule has 11 nitrogen and oxygen atoms in total. The molecule has 5 aromatic carbocycles. The molecule has 12 heteroatoms. The molecule has 0 saturated carbocycles. The average Bonchev–Trinajstić information content (AvgIpc) is 3.12. The van der Waals surface area contributed by atoms with Gasteiger partial charge in [-0.3, -0.25) is 29.3 Å². The predicted octanol–water partition coefficient (Wildman–Crippen LogP) is 6.58. The first-order chi connectivity index (χ1) is 23.7. The van der Waals surface area contributed by atoms with Crippen LogP contribution in [0, 0.1) is 10.1 Å². The quantitative estimate of drug-likeness (QED) is 0.0502. The summed E-state index contributed by atoms with van der Waals surface area (Å²) < 4.78 is 0. The van der Waals surface area contributed by atoms with Crippen molar-refractivity contribution in [1.29, 1.82) is 0 Å². The number of hydrogen-bond acceptors (Lipinski definition) is 7. The Balaban J connectivity index is 1.35. The minimum atomic E-state index is -0.702. The second-order valence-corrected chi connectivity index (χ2v) is 11.7. The highest BCUT2D eigenvalue weighted by Gasteiger charge is 2.23. The second kappa shape index (κ2) is 15.8. The molecule has 4 amide bonds. The highest BCUT2D eigenvalue weighted by molar-refractivity contribution is 8.00. The third-order valence-electron chi connectivity index (χ3n) is 7.11. The number of amides is 4. The highest BCUT2D eigenvalue weighted by atomic mass is 32.2. The van der Waals surface area contributed by atoms with Gasteiger partial charge in [0.25, 0.3) is 17.5 Å². The number of benzene rings is 5.